The van der Waals surface area contributed by atoms with E-state index in [9.17, 15) is 14.4 Å². The highest BCUT2D eigenvalue weighted by atomic mass is 16.6. The lowest BCUT2D eigenvalue weighted by Gasteiger charge is -2.15. The van der Waals surface area contributed by atoms with E-state index in [1.165, 1.54) is 6.92 Å². The van der Waals surface area contributed by atoms with E-state index in [0.717, 1.165) is 5.56 Å². The summed E-state index contributed by atoms with van der Waals surface area (Å²) in [6.07, 6.45) is -0.963. The first-order chi connectivity index (χ1) is 8.49. The normalized spacial score (nSPS) is 11.4. The first kappa shape index (κ1) is 13.7. The van der Waals surface area contributed by atoms with Crippen molar-refractivity contribution in [3.05, 3.63) is 35.9 Å². The molecular weight excluding hydrogens is 236 g/mol. The zero-order valence-electron chi connectivity index (χ0n) is 9.88. The summed E-state index contributed by atoms with van der Waals surface area (Å²) in [7, 11) is 0. The third kappa shape index (κ3) is 4.65. The van der Waals surface area contributed by atoms with Crippen LogP contribution in [0.3, 0.4) is 0 Å². The first-order valence-electron chi connectivity index (χ1n) is 5.31. The molecule has 18 heavy (non-hydrogen) atoms. The van der Waals surface area contributed by atoms with Gasteiger partial charge in [-0.3, -0.25) is 4.79 Å². The number of ether oxygens (including phenoxy) is 1. The summed E-state index contributed by atoms with van der Waals surface area (Å²) >= 11 is 0. The summed E-state index contributed by atoms with van der Waals surface area (Å²) in [5.41, 5.74) is 5.59. The lowest BCUT2D eigenvalue weighted by molar-refractivity contribution is -0.141. The molecule has 0 spiro atoms. The van der Waals surface area contributed by atoms with Crippen LogP contribution in [0.15, 0.2) is 30.3 Å². The highest BCUT2D eigenvalue weighted by Crippen LogP contribution is 2.04. The van der Waals surface area contributed by atoms with E-state index < -0.39 is 24.0 Å². The van der Waals surface area contributed by atoms with E-state index in [1.54, 1.807) is 24.3 Å². The monoisotopic (exact) mass is 250 g/mol. The molecular formula is C12H14N2O4. The van der Waals surface area contributed by atoms with Crippen LogP contribution >= 0.6 is 0 Å². The van der Waals surface area contributed by atoms with Gasteiger partial charge in [-0.1, -0.05) is 30.3 Å². The molecule has 0 saturated heterocycles. The summed E-state index contributed by atoms with van der Waals surface area (Å²) < 4.78 is 4.27. The average molecular weight is 250 g/mol. The molecule has 1 atom stereocenters. The van der Waals surface area contributed by atoms with Crippen LogP contribution in [0.4, 0.5) is 4.79 Å². The number of benzene rings is 1. The fourth-order valence-electron chi connectivity index (χ4n) is 1.46. The molecule has 0 heterocycles. The molecule has 1 rings (SSSR count). The van der Waals surface area contributed by atoms with Gasteiger partial charge >= 0.3 is 12.1 Å². The van der Waals surface area contributed by atoms with Crippen LogP contribution in [0, 0.1) is 0 Å². The Hall–Kier alpha value is -2.37. The summed E-state index contributed by atoms with van der Waals surface area (Å²) in [5.74, 6) is -1.26. The molecule has 0 aliphatic carbocycles. The molecule has 6 heteroatoms. The van der Waals surface area contributed by atoms with E-state index in [2.05, 4.69) is 10.1 Å². The number of carbonyl (C=O) groups excluding carboxylic acids is 3. The molecule has 0 aromatic heterocycles. The summed E-state index contributed by atoms with van der Waals surface area (Å²) in [5, 5.41) is 2.41. The van der Waals surface area contributed by atoms with Crippen LogP contribution in [0.25, 0.3) is 0 Å². The van der Waals surface area contributed by atoms with Crippen molar-refractivity contribution in [2.24, 2.45) is 5.73 Å². The Morgan fingerprint density at radius 3 is 2.39 bits per heavy atom. The van der Waals surface area contributed by atoms with E-state index >= 15 is 0 Å². The van der Waals surface area contributed by atoms with Crippen molar-refractivity contribution in [2.75, 3.05) is 0 Å². The van der Waals surface area contributed by atoms with Gasteiger partial charge in [0, 0.05) is 13.3 Å². The zero-order chi connectivity index (χ0) is 13.5. The van der Waals surface area contributed by atoms with E-state index in [0.29, 0.717) is 0 Å². The van der Waals surface area contributed by atoms with Crippen molar-refractivity contribution in [2.45, 2.75) is 19.4 Å². The summed E-state index contributed by atoms with van der Waals surface area (Å²) in [6, 6.07) is 8.11. The molecule has 0 fully saturated rings. The summed E-state index contributed by atoms with van der Waals surface area (Å²) in [6.45, 7) is 1.27. The molecule has 0 bridgehead atoms. The van der Waals surface area contributed by atoms with Gasteiger partial charge < -0.3 is 15.8 Å². The molecule has 1 aromatic rings. The number of hydrogen-bond acceptors (Lipinski definition) is 4. The standard InChI is InChI=1S/C12H14N2O4/c1-8(15)14-10(11(16)18-12(13)17)7-9-5-3-2-4-6-9/h2-6,10H,7H2,1H3,(H2,13,17)(H,14,15)/t10-/m0/s1. The Kier molecular flexibility index (Phi) is 4.86. The highest BCUT2D eigenvalue weighted by molar-refractivity contribution is 5.90. The Labute approximate surface area is 104 Å². The number of amides is 2. The van der Waals surface area contributed by atoms with Gasteiger partial charge in [-0.2, -0.15) is 0 Å². The molecule has 0 aliphatic heterocycles. The number of nitrogens with one attached hydrogen (secondary N) is 1. The van der Waals surface area contributed by atoms with Crippen molar-refractivity contribution in [3.63, 3.8) is 0 Å². The topological polar surface area (TPSA) is 98.5 Å². The Morgan fingerprint density at radius 1 is 1.28 bits per heavy atom. The lowest BCUT2D eigenvalue weighted by atomic mass is 10.1. The van der Waals surface area contributed by atoms with Crippen molar-refractivity contribution in [3.8, 4) is 0 Å². The largest absolute Gasteiger partial charge is 0.412 e. The number of primary amides is 1. The second-order valence-corrected chi connectivity index (χ2v) is 3.68. The fraction of sp³-hybridized carbons (Fsp3) is 0.250. The van der Waals surface area contributed by atoms with Gasteiger partial charge in [-0.05, 0) is 5.56 Å². The van der Waals surface area contributed by atoms with Crippen LogP contribution in [0.2, 0.25) is 0 Å². The SMILES string of the molecule is CC(=O)N[C@@H](Cc1ccccc1)C(=O)OC(N)=O. The van der Waals surface area contributed by atoms with Gasteiger partial charge in [0.15, 0.2) is 0 Å². The number of hydrogen-bond donors (Lipinski definition) is 2. The van der Waals surface area contributed by atoms with Gasteiger partial charge in [-0.15, -0.1) is 0 Å². The number of carbonyl (C=O) groups is 3. The fourth-order valence-corrected chi connectivity index (χ4v) is 1.46. The minimum Gasteiger partial charge on any atom is -0.375 e. The summed E-state index contributed by atoms with van der Waals surface area (Å²) in [4.78, 5) is 33.1. The predicted molar refractivity (Wildman–Crippen MR) is 63.4 cm³/mol. The maximum atomic E-state index is 11.6. The van der Waals surface area contributed by atoms with Crippen LogP contribution in [0.5, 0.6) is 0 Å². The van der Waals surface area contributed by atoms with Crippen LogP contribution < -0.4 is 11.1 Å². The van der Waals surface area contributed by atoms with Gasteiger partial charge in [0.1, 0.15) is 6.04 Å². The number of esters is 1. The lowest BCUT2D eigenvalue weighted by Crippen LogP contribution is -2.43. The molecule has 0 aliphatic rings. The van der Waals surface area contributed by atoms with Crippen molar-refractivity contribution in [1.82, 2.24) is 5.32 Å². The average Bonchev–Trinajstić information content (AvgIpc) is 2.28. The van der Waals surface area contributed by atoms with E-state index in [-0.39, 0.29) is 6.42 Å². The highest BCUT2D eigenvalue weighted by Gasteiger charge is 2.23. The Balaban J connectivity index is 2.75. The molecule has 0 unspecified atom stereocenters. The molecule has 0 saturated carbocycles. The van der Waals surface area contributed by atoms with Gasteiger partial charge in [-0.25, -0.2) is 9.59 Å². The van der Waals surface area contributed by atoms with E-state index in [4.69, 9.17) is 5.73 Å². The second kappa shape index (κ2) is 6.39. The Morgan fingerprint density at radius 2 is 1.89 bits per heavy atom. The molecule has 1 aromatic carbocycles. The Bertz CT molecular complexity index is 445. The van der Waals surface area contributed by atoms with Crippen molar-refractivity contribution >= 4 is 18.0 Å². The smallest absolute Gasteiger partial charge is 0.375 e. The third-order valence-electron chi connectivity index (χ3n) is 2.15. The maximum absolute atomic E-state index is 11.6. The molecule has 2 amide bonds. The second-order valence-electron chi connectivity index (χ2n) is 3.68. The van der Waals surface area contributed by atoms with Gasteiger partial charge in [0.2, 0.25) is 5.91 Å². The zero-order valence-corrected chi connectivity index (χ0v) is 9.88. The minimum absolute atomic E-state index is 0.229. The number of nitrogens with two attached hydrogens (primary N) is 1. The van der Waals surface area contributed by atoms with Crippen molar-refractivity contribution < 1.29 is 19.1 Å². The van der Waals surface area contributed by atoms with Crippen LogP contribution in [-0.4, -0.2) is 24.0 Å². The van der Waals surface area contributed by atoms with Crippen LogP contribution in [-0.2, 0) is 20.7 Å². The van der Waals surface area contributed by atoms with Gasteiger partial charge in [0.25, 0.3) is 0 Å². The van der Waals surface area contributed by atoms with Crippen LogP contribution in [0.1, 0.15) is 12.5 Å². The minimum atomic E-state index is -1.19. The third-order valence-corrected chi connectivity index (χ3v) is 2.15. The van der Waals surface area contributed by atoms with E-state index in [1.807, 2.05) is 6.07 Å². The quantitative estimate of drug-likeness (QED) is 0.595. The number of rotatable bonds is 4. The van der Waals surface area contributed by atoms with Gasteiger partial charge in [0.05, 0.1) is 0 Å². The molecule has 3 N–H and O–H groups in total. The molecule has 96 valence electrons. The molecule has 0 radical (unpaired) electrons. The van der Waals surface area contributed by atoms with Crippen molar-refractivity contribution in [1.29, 1.82) is 0 Å². The predicted octanol–water partition coefficient (Wildman–Crippen LogP) is 0.356. The maximum Gasteiger partial charge on any atom is 0.412 e. The first-order valence-corrected chi connectivity index (χ1v) is 5.31. The molecule has 6 nitrogen and oxygen atoms in total.